The van der Waals surface area contributed by atoms with Crippen LogP contribution in [-0.4, -0.2) is 31.1 Å². The number of carbonyl (C=O) groups is 1. The zero-order chi connectivity index (χ0) is 18.3. The molecule has 1 aliphatic rings. The van der Waals surface area contributed by atoms with E-state index in [4.69, 9.17) is 4.74 Å². The van der Waals surface area contributed by atoms with Crippen molar-refractivity contribution in [3.63, 3.8) is 0 Å². The maximum atomic E-state index is 13.6. The van der Waals surface area contributed by atoms with Gasteiger partial charge in [-0.2, -0.15) is 0 Å². The van der Waals surface area contributed by atoms with Crippen molar-refractivity contribution in [3.05, 3.63) is 47.8 Å². The first-order valence-electron chi connectivity index (χ1n) is 8.30. The Kier molecular flexibility index (Phi) is 4.24. The van der Waals surface area contributed by atoms with Crippen LogP contribution >= 0.6 is 11.3 Å². The van der Waals surface area contributed by atoms with Crippen LogP contribution in [0.4, 0.5) is 15.2 Å². The minimum atomic E-state index is -0.318. The molecule has 1 fully saturated rings. The molecule has 1 aromatic heterocycles. The van der Waals surface area contributed by atoms with Gasteiger partial charge in [-0.1, -0.05) is 23.5 Å². The zero-order valence-electron chi connectivity index (χ0n) is 14.5. The minimum Gasteiger partial charge on any atom is -0.494 e. The average molecular weight is 371 g/mol. The van der Waals surface area contributed by atoms with Gasteiger partial charge < -0.3 is 15.0 Å². The van der Waals surface area contributed by atoms with Gasteiger partial charge in [0.25, 0.3) is 0 Å². The topological polar surface area (TPSA) is 54.5 Å². The highest BCUT2D eigenvalue weighted by atomic mass is 32.1. The number of halogens is 1. The third kappa shape index (κ3) is 2.99. The summed E-state index contributed by atoms with van der Waals surface area (Å²) < 4.78 is 20.0. The van der Waals surface area contributed by atoms with Gasteiger partial charge in [-0.25, -0.2) is 9.37 Å². The molecular weight excluding hydrogens is 353 g/mol. The molecule has 0 bridgehead atoms. The molecule has 3 aromatic rings. The molecule has 0 aliphatic carbocycles. The van der Waals surface area contributed by atoms with E-state index in [1.54, 1.807) is 37.5 Å². The van der Waals surface area contributed by atoms with E-state index >= 15 is 0 Å². The second-order valence-electron chi connectivity index (χ2n) is 6.36. The van der Waals surface area contributed by atoms with Crippen molar-refractivity contribution in [1.29, 1.82) is 0 Å². The monoisotopic (exact) mass is 371 g/mol. The number of nitrogens with one attached hydrogen (secondary N) is 1. The summed E-state index contributed by atoms with van der Waals surface area (Å²) in [4.78, 5) is 19.1. The number of hydrogen-bond acceptors (Lipinski definition) is 5. The number of methoxy groups -OCH3 is 1. The molecule has 0 unspecified atom stereocenters. The number of para-hydroxylation sites is 1. The maximum Gasteiger partial charge on any atom is 0.231 e. The van der Waals surface area contributed by atoms with Crippen LogP contribution < -0.4 is 15.0 Å². The van der Waals surface area contributed by atoms with Gasteiger partial charge in [0.05, 0.1) is 17.7 Å². The molecule has 134 valence electrons. The lowest BCUT2D eigenvalue weighted by atomic mass is 10.00. The lowest BCUT2D eigenvalue weighted by molar-refractivity contribution is -0.120. The summed E-state index contributed by atoms with van der Waals surface area (Å²) in [6.07, 6.45) is 0. The summed E-state index contributed by atoms with van der Waals surface area (Å²) >= 11 is 1.59. The standard InChI is InChI=1S/C19H18FN3O2S/c1-11-6-7-13(8-14(11)20)21-18(24)12-9-23(10-12)19-22-17-15(25-2)4-3-5-16(17)26-19/h3-8,12H,9-10H2,1-2H3,(H,21,24). The van der Waals surface area contributed by atoms with Crippen LogP contribution in [-0.2, 0) is 4.79 Å². The Hall–Kier alpha value is -2.67. The first-order valence-corrected chi connectivity index (χ1v) is 9.12. The number of hydrogen-bond donors (Lipinski definition) is 1. The molecule has 0 atom stereocenters. The van der Waals surface area contributed by atoms with Crippen LogP contribution in [0.25, 0.3) is 10.2 Å². The normalized spacial score (nSPS) is 14.3. The second kappa shape index (κ2) is 6.57. The molecule has 1 aliphatic heterocycles. The lowest BCUT2D eigenvalue weighted by Gasteiger charge is -2.37. The molecule has 1 amide bonds. The Morgan fingerprint density at radius 2 is 2.15 bits per heavy atom. The van der Waals surface area contributed by atoms with Gasteiger partial charge in [-0.05, 0) is 36.8 Å². The Morgan fingerprint density at radius 1 is 1.35 bits per heavy atom. The number of benzene rings is 2. The van der Waals surface area contributed by atoms with Gasteiger partial charge in [0, 0.05) is 18.8 Å². The fraction of sp³-hybridized carbons (Fsp3) is 0.263. The molecule has 0 saturated carbocycles. The van der Waals surface area contributed by atoms with Crippen molar-refractivity contribution in [2.45, 2.75) is 6.92 Å². The van der Waals surface area contributed by atoms with E-state index in [0.717, 1.165) is 21.1 Å². The highest BCUT2D eigenvalue weighted by molar-refractivity contribution is 7.22. The first-order chi connectivity index (χ1) is 12.5. The summed E-state index contributed by atoms with van der Waals surface area (Å²) in [6.45, 7) is 2.89. The molecule has 7 heteroatoms. The zero-order valence-corrected chi connectivity index (χ0v) is 15.3. The number of rotatable bonds is 4. The summed E-state index contributed by atoms with van der Waals surface area (Å²) in [7, 11) is 1.63. The Labute approximate surface area is 154 Å². The minimum absolute atomic E-state index is 0.0943. The number of aromatic nitrogens is 1. The number of amides is 1. The van der Waals surface area contributed by atoms with E-state index in [9.17, 15) is 9.18 Å². The van der Waals surface area contributed by atoms with Gasteiger partial charge in [-0.15, -0.1) is 0 Å². The van der Waals surface area contributed by atoms with Crippen LogP contribution in [0.1, 0.15) is 5.56 Å². The van der Waals surface area contributed by atoms with E-state index in [0.29, 0.717) is 24.3 Å². The number of nitrogens with zero attached hydrogens (tertiary/aromatic N) is 2. The van der Waals surface area contributed by atoms with Crippen LogP contribution in [0.3, 0.4) is 0 Å². The maximum absolute atomic E-state index is 13.6. The van der Waals surface area contributed by atoms with Crippen molar-refractivity contribution in [1.82, 2.24) is 4.98 Å². The highest BCUT2D eigenvalue weighted by Gasteiger charge is 2.34. The van der Waals surface area contributed by atoms with Crippen LogP contribution in [0.5, 0.6) is 5.75 Å². The quantitative estimate of drug-likeness (QED) is 0.757. The summed E-state index contributed by atoms with van der Waals surface area (Å²) in [5.41, 5.74) is 1.89. The molecule has 26 heavy (non-hydrogen) atoms. The number of carbonyl (C=O) groups excluding carboxylic acids is 1. The van der Waals surface area contributed by atoms with E-state index in [2.05, 4.69) is 15.2 Å². The van der Waals surface area contributed by atoms with Crippen molar-refractivity contribution in [2.24, 2.45) is 5.92 Å². The molecule has 2 aromatic carbocycles. The smallest absolute Gasteiger partial charge is 0.231 e. The largest absolute Gasteiger partial charge is 0.494 e. The van der Waals surface area contributed by atoms with E-state index in [1.165, 1.54) is 6.07 Å². The van der Waals surface area contributed by atoms with Crippen LogP contribution in [0, 0.1) is 18.7 Å². The Morgan fingerprint density at radius 3 is 2.88 bits per heavy atom. The Bertz CT molecular complexity index is 982. The molecule has 1 saturated heterocycles. The molecule has 1 N–H and O–H groups in total. The lowest BCUT2D eigenvalue weighted by Crippen LogP contribution is -2.52. The van der Waals surface area contributed by atoms with Crippen LogP contribution in [0.15, 0.2) is 36.4 Å². The fourth-order valence-electron chi connectivity index (χ4n) is 2.93. The van der Waals surface area contributed by atoms with Crippen molar-refractivity contribution < 1.29 is 13.9 Å². The molecule has 0 spiro atoms. The fourth-order valence-corrected chi connectivity index (χ4v) is 3.93. The third-order valence-corrected chi connectivity index (χ3v) is 5.63. The van der Waals surface area contributed by atoms with E-state index in [1.807, 2.05) is 18.2 Å². The summed E-state index contributed by atoms with van der Waals surface area (Å²) in [6, 6.07) is 10.6. The third-order valence-electron chi connectivity index (χ3n) is 4.55. The molecule has 0 radical (unpaired) electrons. The summed E-state index contributed by atoms with van der Waals surface area (Å²) in [5, 5.41) is 3.67. The van der Waals surface area contributed by atoms with Gasteiger partial charge in [0.2, 0.25) is 5.91 Å². The van der Waals surface area contributed by atoms with Gasteiger partial charge in [0.1, 0.15) is 17.1 Å². The second-order valence-corrected chi connectivity index (χ2v) is 7.37. The average Bonchev–Trinajstić information content (AvgIpc) is 3.00. The van der Waals surface area contributed by atoms with Gasteiger partial charge in [-0.3, -0.25) is 4.79 Å². The molecule has 2 heterocycles. The number of aryl methyl sites for hydroxylation is 1. The number of ether oxygens (including phenoxy) is 1. The van der Waals surface area contributed by atoms with Crippen molar-refractivity contribution in [2.75, 3.05) is 30.4 Å². The predicted molar refractivity (Wildman–Crippen MR) is 102 cm³/mol. The van der Waals surface area contributed by atoms with Gasteiger partial charge >= 0.3 is 0 Å². The summed E-state index contributed by atoms with van der Waals surface area (Å²) in [5.74, 6) is 0.208. The number of anilines is 2. The molecule has 5 nitrogen and oxygen atoms in total. The predicted octanol–water partition coefficient (Wildman–Crippen LogP) is 3.83. The van der Waals surface area contributed by atoms with Gasteiger partial charge in [0.15, 0.2) is 5.13 Å². The van der Waals surface area contributed by atoms with Crippen molar-refractivity contribution in [3.8, 4) is 5.75 Å². The molecule has 4 rings (SSSR count). The van der Waals surface area contributed by atoms with Crippen molar-refractivity contribution >= 4 is 38.3 Å². The number of fused-ring (bicyclic) bond motifs is 1. The highest BCUT2D eigenvalue weighted by Crippen LogP contribution is 2.36. The van der Waals surface area contributed by atoms with E-state index in [-0.39, 0.29) is 17.6 Å². The SMILES string of the molecule is COc1cccc2sc(N3CC(C(=O)Nc4ccc(C)c(F)c4)C3)nc12. The first kappa shape index (κ1) is 16.8. The van der Waals surface area contributed by atoms with E-state index < -0.39 is 0 Å². The molecular formula is C19H18FN3O2S. The van der Waals surface area contributed by atoms with Crippen LogP contribution in [0.2, 0.25) is 0 Å². The Balaban J connectivity index is 1.42. The number of thiazole rings is 1.